The number of para-hydroxylation sites is 2. The van der Waals surface area contributed by atoms with Crippen molar-refractivity contribution in [2.75, 3.05) is 32.0 Å². The number of nitrogen functional groups attached to an aromatic ring is 1. The van der Waals surface area contributed by atoms with Gasteiger partial charge in [0.05, 0.1) is 51.8 Å². The van der Waals surface area contributed by atoms with E-state index in [1.54, 1.807) is 30.5 Å². The highest BCUT2D eigenvalue weighted by atomic mass is 16.5. The number of aliphatic hydroxyl groups is 1. The van der Waals surface area contributed by atoms with Crippen molar-refractivity contribution in [3.63, 3.8) is 0 Å². The summed E-state index contributed by atoms with van der Waals surface area (Å²) in [5.41, 5.74) is 18.1. The molecule has 3 heterocycles. The van der Waals surface area contributed by atoms with Crippen LogP contribution in [0.4, 0.5) is 5.69 Å². The zero-order valence-corrected chi connectivity index (χ0v) is 63.1. The lowest BCUT2D eigenvalue weighted by atomic mass is 9.96. The Bertz CT molecular complexity index is 4080. The third-order valence-corrected chi connectivity index (χ3v) is 18.4. The molecule has 2 bridgehead atoms. The molecule has 13 atom stereocenters. The number of aliphatic carboxylic acids is 3. The molecule has 114 heavy (non-hydrogen) atoms. The fraction of sp³-hybridized carbons (Fsp3) is 0.528. The SMILES string of the molecule is CCCCCCCCCC(=O)N[C@@H](Cc1c[nH]c2ccccc12)C(=O)N[C@@H](CC(N)=O)C(=O)N[C@@H](CC(=O)O)C(=O)NC1C(=O)NCC(=O)N[C@H](CCCN)C(=O)NC2CC(=O)N(C2=O)C(C)C(=O)N[C@@H](CC(=O)O)C(=O)NCC(=O)NC(CO)C(=O)N[C@@H]([C@@H](C)CC(=O)O)C(=O)N[C@@H](CC(=O)c2ccccc2N)C(=O)OC1C. The van der Waals surface area contributed by atoms with Crippen LogP contribution >= 0.6 is 0 Å². The van der Waals surface area contributed by atoms with Crippen LogP contribution in [0.2, 0.25) is 0 Å². The first-order valence-corrected chi connectivity index (χ1v) is 36.8. The number of aromatic amines is 1. The Kier molecular flexibility index (Phi) is 36.5. The molecule has 0 aliphatic carbocycles. The van der Waals surface area contributed by atoms with E-state index in [1.807, 2.05) is 10.6 Å². The number of nitrogens with one attached hydrogen (secondary N) is 13. The van der Waals surface area contributed by atoms with Crippen molar-refractivity contribution in [1.29, 1.82) is 0 Å². The predicted octanol–water partition coefficient (Wildman–Crippen LogP) is -5.45. The molecule has 5 unspecified atom stereocenters. The number of hydrogen-bond donors (Lipinski definition) is 20. The number of hydrogen-bond acceptors (Lipinski definition) is 24. The van der Waals surface area contributed by atoms with E-state index in [4.69, 9.17) is 21.9 Å². The number of ketones is 1. The molecule has 2 aromatic carbocycles. The van der Waals surface area contributed by atoms with Gasteiger partial charge in [0.2, 0.25) is 82.7 Å². The molecule has 5 rings (SSSR count). The van der Waals surface area contributed by atoms with E-state index in [0.29, 0.717) is 34.2 Å². The number of carboxylic acid groups (broad SMARTS) is 3. The van der Waals surface area contributed by atoms with E-state index in [9.17, 15) is 116 Å². The Hall–Kier alpha value is -12.5. The average molecular weight is 1600 g/mol. The molecule has 0 radical (unpaired) electrons. The maximum absolute atomic E-state index is 14.8. The molecular formula is C72H99N17O25. The number of Topliss-reactive ketones (excluding diaryl/α,β-unsaturated/α-hetero) is 1. The Morgan fingerprint density at radius 3 is 1.82 bits per heavy atom. The third-order valence-electron chi connectivity index (χ3n) is 18.4. The molecule has 15 amide bonds. The molecule has 2 aliphatic heterocycles. The average Bonchev–Trinajstić information content (AvgIpc) is 1.65. The number of rotatable bonds is 33. The van der Waals surface area contributed by atoms with Gasteiger partial charge < -0.3 is 111 Å². The number of cyclic esters (lactones) is 1. The predicted molar refractivity (Wildman–Crippen MR) is 396 cm³/mol. The second-order valence-electron chi connectivity index (χ2n) is 27.4. The number of benzene rings is 2. The summed E-state index contributed by atoms with van der Waals surface area (Å²) in [7, 11) is 0. The van der Waals surface area contributed by atoms with Gasteiger partial charge in [0.15, 0.2) is 5.78 Å². The number of carboxylic acids is 3. The normalized spacial score (nSPS) is 21.8. The molecule has 0 spiro atoms. The summed E-state index contributed by atoms with van der Waals surface area (Å²) >= 11 is 0. The van der Waals surface area contributed by atoms with Gasteiger partial charge in [-0.25, -0.2) is 4.79 Å². The largest absolute Gasteiger partial charge is 0.481 e. The highest BCUT2D eigenvalue weighted by Gasteiger charge is 2.46. The number of imide groups is 1. The first kappa shape index (κ1) is 92.1. The summed E-state index contributed by atoms with van der Waals surface area (Å²) < 4.78 is 5.69. The van der Waals surface area contributed by atoms with Crippen LogP contribution in [-0.2, 0) is 102 Å². The third kappa shape index (κ3) is 28.7. The monoisotopic (exact) mass is 1600 g/mol. The van der Waals surface area contributed by atoms with Crippen LogP contribution in [0.1, 0.15) is 146 Å². The van der Waals surface area contributed by atoms with E-state index >= 15 is 0 Å². The van der Waals surface area contributed by atoms with Crippen molar-refractivity contribution >= 4 is 135 Å². The molecule has 42 heteroatoms. The van der Waals surface area contributed by atoms with Crippen molar-refractivity contribution in [2.45, 2.75) is 209 Å². The summed E-state index contributed by atoms with van der Waals surface area (Å²) in [5, 5.41) is 67.2. The lowest BCUT2D eigenvalue weighted by molar-refractivity contribution is -0.156. The maximum atomic E-state index is 14.8. The van der Waals surface area contributed by atoms with Gasteiger partial charge in [-0.15, -0.1) is 0 Å². The van der Waals surface area contributed by atoms with Gasteiger partial charge >= 0.3 is 23.9 Å². The number of aromatic nitrogens is 1. The molecule has 23 N–H and O–H groups in total. The standard InChI is InChI=1S/C72H99N17O25/c1-5-6-7-8-9-10-11-22-53(93)80-44(25-38-31-76-42-20-15-13-17-39(38)42)65(106)83-45(27-52(75)92)66(107)84-47(30-59(101)102)67(108)88-61-37(4)114-72(113)49(26-51(91)40-18-12-14-19-41(40)74)86-70(111)60(35(2)24-57(97)98)87-68(109)50(34-90)81-55(95)32-77-63(104)46(29-58(99)100)82-62(103)36(3)89-56(96)28-48(71(89)112)85-64(105)43(21-16-23-73)79-54(94)33-78-69(61)110/h12-15,17-20,31,35-37,43-50,60-61,76,90H,5-11,16,21-30,32-34,73-74H2,1-4H3,(H2,75,92)(H,77,104)(H,78,110)(H,79,94)(H,80,93)(H,81,95)(H,82,103)(H,83,106)(H,84,107)(H,85,105)(H,86,111)(H,87,109)(H,88,108)(H,97,98)(H,99,100)(H,101,102)/t35-,36?,37?,43+,44-,45-,46-,47-,48?,49-,50?,60-,61?/m0/s1. The summed E-state index contributed by atoms with van der Waals surface area (Å²) in [6, 6.07) is -9.96. The number of unbranched alkanes of at least 4 members (excludes halogenated alkanes) is 6. The Morgan fingerprint density at radius 2 is 1.19 bits per heavy atom. The number of primary amides is 1. The molecule has 0 saturated carbocycles. The van der Waals surface area contributed by atoms with Crippen molar-refractivity contribution < 1.29 is 121 Å². The van der Waals surface area contributed by atoms with Crippen molar-refractivity contribution in [3.8, 4) is 0 Å². The minimum absolute atomic E-state index is 0.0105. The van der Waals surface area contributed by atoms with E-state index in [2.05, 4.69) is 65.1 Å². The summed E-state index contributed by atoms with van der Waals surface area (Å²) in [6.07, 6.45) is -1.63. The van der Waals surface area contributed by atoms with Gasteiger partial charge in [-0.1, -0.05) is 82.7 Å². The Morgan fingerprint density at radius 1 is 0.605 bits per heavy atom. The number of fused-ring (bicyclic) bond motifs is 3. The second-order valence-corrected chi connectivity index (χ2v) is 27.4. The van der Waals surface area contributed by atoms with E-state index < -0.39 is 255 Å². The number of ether oxygens (including phenoxy) is 1. The number of esters is 1. The molecule has 622 valence electrons. The summed E-state index contributed by atoms with van der Waals surface area (Å²) in [4.78, 5) is 278. The van der Waals surface area contributed by atoms with Crippen LogP contribution < -0.4 is 81.0 Å². The summed E-state index contributed by atoms with van der Waals surface area (Å²) in [5.74, 6) is -28.5. The minimum Gasteiger partial charge on any atom is -0.481 e. The molecular weight excluding hydrogens is 1500 g/mol. The zero-order chi connectivity index (χ0) is 84.6. The second kappa shape index (κ2) is 45.1. The van der Waals surface area contributed by atoms with Gasteiger partial charge in [-0.05, 0) is 69.3 Å². The van der Waals surface area contributed by atoms with Crippen LogP contribution in [-0.4, -0.2) is 247 Å². The number of amides is 15. The van der Waals surface area contributed by atoms with Gasteiger partial charge in [-0.3, -0.25) is 96.0 Å². The number of anilines is 1. The summed E-state index contributed by atoms with van der Waals surface area (Å²) in [6.45, 7) is 1.29. The quantitative estimate of drug-likeness (QED) is 0.00889. The number of carbonyl (C=O) groups is 20. The van der Waals surface area contributed by atoms with Crippen LogP contribution in [0.25, 0.3) is 10.9 Å². The number of nitrogens with zero attached hydrogens (tertiary/aromatic N) is 1. The van der Waals surface area contributed by atoms with Gasteiger partial charge in [0.1, 0.15) is 72.6 Å². The lowest BCUT2D eigenvalue weighted by Crippen LogP contribution is -2.62. The number of aliphatic hydroxyl groups excluding tert-OH is 1. The first-order valence-electron chi connectivity index (χ1n) is 36.8. The molecule has 2 saturated heterocycles. The van der Waals surface area contributed by atoms with Crippen LogP contribution in [0.5, 0.6) is 0 Å². The fourth-order valence-electron chi connectivity index (χ4n) is 12.3. The topological polar surface area (TPSA) is 673 Å². The highest BCUT2D eigenvalue weighted by Crippen LogP contribution is 2.23. The lowest BCUT2D eigenvalue weighted by Gasteiger charge is -2.30. The maximum Gasteiger partial charge on any atom is 0.329 e. The molecule has 2 fully saturated rings. The van der Waals surface area contributed by atoms with Gasteiger partial charge in [0.25, 0.3) is 5.91 Å². The molecule has 1 aromatic heterocycles. The van der Waals surface area contributed by atoms with E-state index in [0.717, 1.165) is 52.9 Å². The van der Waals surface area contributed by atoms with E-state index in [-0.39, 0.29) is 43.5 Å². The minimum atomic E-state index is -2.42. The van der Waals surface area contributed by atoms with Crippen molar-refractivity contribution in [1.82, 2.24) is 73.7 Å². The Balaban J connectivity index is 1.58. The highest BCUT2D eigenvalue weighted by molar-refractivity contribution is 6.11. The molecule has 2 aliphatic rings. The smallest absolute Gasteiger partial charge is 0.329 e. The van der Waals surface area contributed by atoms with Crippen molar-refractivity contribution in [3.05, 3.63) is 65.9 Å². The molecule has 42 nitrogen and oxygen atoms in total. The first-order chi connectivity index (χ1) is 54.0. The zero-order valence-electron chi connectivity index (χ0n) is 63.1. The van der Waals surface area contributed by atoms with Crippen molar-refractivity contribution in [2.24, 2.45) is 17.4 Å². The Labute approximate surface area is 651 Å². The molecule has 3 aromatic rings. The van der Waals surface area contributed by atoms with Crippen LogP contribution in [0.15, 0.2) is 54.7 Å². The van der Waals surface area contributed by atoms with Crippen LogP contribution in [0, 0.1) is 5.92 Å². The van der Waals surface area contributed by atoms with Crippen LogP contribution in [0.3, 0.4) is 0 Å². The number of carbonyl (C=O) groups excluding carboxylic acids is 17. The van der Waals surface area contributed by atoms with E-state index in [1.165, 1.54) is 24.3 Å². The number of nitrogens with two attached hydrogens (primary N) is 3. The number of H-pyrrole nitrogens is 1. The fourth-order valence-corrected chi connectivity index (χ4v) is 12.3. The van der Waals surface area contributed by atoms with Gasteiger partial charge in [0, 0.05) is 47.6 Å². The van der Waals surface area contributed by atoms with Gasteiger partial charge in [-0.2, -0.15) is 0 Å².